The van der Waals surface area contributed by atoms with Crippen molar-refractivity contribution in [3.63, 3.8) is 0 Å². The highest BCUT2D eigenvalue weighted by Crippen LogP contribution is 2.13. The molecule has 0 bridgehead atoms. The quantitative estimate of drug-likeness (QED) is 0.346. The fourth-order valence-corrected chi connectivity index (χ4v) is 1.39. The Morgan fingerprint density at radius 3 is 2.67 bits per heavy atom. The van der Waals surface area contributed by atoms with Gasteiger partial charge < -0.3 is 0 Å². The van der Waals surface area contributed by atoms with Crippen LogP contribution in [0.3, 0.4) is 0 Å². The van der Waals surface area contributed by atoms with Crippen molar-refractivity contribution in [2.75, 3.05) is 0 Å². The van der Waals surface area contributed by atoms with Crippen LogP contribution >= 0.6 is 0 Å². The Morgan fingerprint density at radius 1 is 1.17 bits per heavy atom. The molecule has 1 aromatic carbocycles. The van der Waals surface area contributed by atoms with Gasteiger partial charge in [0.15, 0.2) is 0 Å². The Kier molecular flexibility index (Phi) is 4.06. The van der Waals surface area contributed by atoms with Gasteiger partial charge in [0.1, 0.15) is 0 Å². The summed E-state index contributed by atoms with van der Waals surface area (Å²) < 4.78 is 0. The topological polar surface area (TPSA) is 74.0 Å². The molecule has 0 saturated heterocycles. The van der Waals surface area contributed by atoms with E-state index in [1.165, 1.54) is 0 Å². The van der Waals surface area contributed by atoms with E-state index in [2.05, 4.69) is 20.0 Å². The molecular weight excluding hydrogens is 226 g/mol. The fourth-order valence-electron chi connectivity index (χ4n) is 1.39. The largest absolute Gasteiger partial charge is 0.255 e. The number of benzene rings is 1. The number of aliphatic imine (C=N–C) groups is 1. The Morgan fingerprint density at radius 2 is 2.00 bits per heavy atom. The average Bonchev–Trinajstić information content (AvgIpc) is 2.45. The zero-order valence-corrected chi connectivity index (χ0v) is 9.64. The van der Waals surface area contributed by atoms with E-state index < -0.39 is 0 Å². The van der Waals surface area contributed by atoms with Crippen molar-refractivity contribution in [2.24, 2.45) is 10.1 Å². The molecular formula is C13H11N5. The summed E-state index contributed by atoms with van der Waals surface area (Å²) in [7, 11) is 0. The lowest BCUT2D eigenvalue weighted by Gasteiger charge is -1.97. The summed E-state index contributed by atoms with van der Waals surface area (Å²) in [4.78, 5) is 11.2. The minimum Gasteiger partial charge on any atom is -0.255 e. The first kappa shape index (κ1) is 11.8. The Labute approximate surface area is 104 Å². The molecule has 5 nitrogen and oxygen atoms in total. The van der Waals surface area contributed by atoms with Crippen molar-refractivity contribution in [3.8, 4) is 0 Å². The number of hydrogen-bond donors (Lipinski definition) is 0. The molecule has 0 unspecified atom stereocenters. The second-order valence-corrected chi connectivity index (χ2v) is 3.57. The third kappa shape index (κ3) is 3.43. The van der Waals surface area contributed by atoms with Crippen LogP contribution in [-0.2, 0) is 6.54 Å². The van der Waals surface area contributed by atoms with Crippen molar-refractivity contribution in [1.29, 1.82) is 0 Å². The van der Waals surface area contributed by atoms with Gasteiger partial charge in [0.05, 0.1) is 24.1 Å². The van der Waals surface area contributed by atoms with Gasteiger partial charge in [-0.15, -0.1) is 0 Å². The summed E-state index contributed by atoms with van der Waals surface area (Å²) in [6.07, 6.45) is 3.44. The third-order valence-corrected chi connectivity index (χ3v) is 2.29. The Balaban J connectivity index is 2.06. The first-order chi connectivity index (χ1) is 8.88. The predicted octanol–water partition coefficient (Wildman–Crippen LogP) is 3.64. The number of nitrogens with zero attached hydrogens (tertiary/aromatic N) is 5. The maximum Gasteiger partial charge on any atom is 0.0812 e. The van der Waals surface area contributed by atoms with Crippen molar-refractivity contribution >= 4 is 11.9 Å². The van der Waals surface area contributed by atoms with Crippen molar-refractivity contribution < 1.29 is 0 Å². The molecule has 0 saturated carbocycles. The maximum absolute atomic E-state index is 8.22. The van der Waals surface area contributed by atoms with Crippen LogP contribution in [0.15, 0.2) is 58.8 Å². The van der Waals surface area contributed by atoms with E-state index in [9.17, 15) is 0 Å². The molecule has 0 aliphatic rings. The number of azide groups is 1. The van der Waals surface area contributed by atoms with Gasteiger partial charge in [-0.25, -0.2) is 0 Å². The highest BCUT2D eigenvalue weighted by atomic mass is 15.1. The molecule has 1 aromatic heterocycles. The van der Waals surface area contributed by atoms with Gasteiger partial charge in [0, 0.05) is 11.1 Å². The van der Waals surface area contributed by atoms with E-state index in [0.717, 1.165) is 16.9 Å². The number of rotatable bonds is 4. The second kappa shape index (κ2) is 6.18. The van der Waals surface area contributed by atoms with Gasteiger partial charge >= 0.3 is 0 Å². The normalized spacial score (nSPS) is 10.2. The zero-order chi connectivity index (χ0) is 12.6. The molecule has 0 spiro atoms. The first-order valence-corrected chi connectivity index (χ1v) is 5.43. The van der Waals surface area contributed by atoms with Gasteiger partial charge in [0.25, 0.3) is 0 Å². The van der Waals surface area contributed by atoms with Crippen molar-refractivity contribution in [2.45, 2.75) is 6.54 Å². The van der Waals surface area contributed by atoms with Gasteiger partial charge in [-0.2, -0.15) is 0 Å². The zero-order valence-electron chi connectivity index (χ0n) is 9.64. The fraction of sp³-hybridized carbons (Fsp3) is 0.0769. The highest BCUT2D eigenvalue weighted by Gasteiger charge is 1.92. The van der Waals surface area contributed by atoms with Crippen LogP contribution in [0.25, 0.3) is 10.4 Å². The monoisotopic (exact) mass is 237 g/mol. The lowest BCUT2D eigenvalue weighted by molar-refractivity contribution is 1.05. The molecule has 0 atom stereocenters. The smallest absolute Gasteiger partial charge is 0.0812 e. The van der Waals surface area contributed by atoms with Gasteiger partial charge in [0.2, 0.25) is 0 Å². The minimum atomic E-state index is 0.362. The van der Waals surface area contributed by atoms with Crippen LogP contribution in [0.1, 0.15) is 11.3 Å². The summed E-state index contributed by atoms with van der Waals surface area (Å²) in [6, 6.07) is 13.2. The van der Waals surface area contributed by atoms with E-state index in [1.807, 2.05) is 42.5 Å². The van der Waals surface area contributed by atoms with Crippen LogP contribution in [0.2, 0.25) is 0 Å². The van der Waals surface area contributed by atoms with E-state index >= 15 is 0 Å². The molecule has 88 valence electrons. The maximum atomic E-state index is 8.22. The molecule has 2 aromatic rings. The minimum absolute atomic E-state index is 0.362. The second-order valence-electron chi connectivity index (χ2n) is 3.57. The number of aromatic nitrogens is 1. The molecule has 1 heterocycles. The highest BCUT2D eigenvalue weighted by molar-refractivity contribution is 5.79. The van der Waals surface area contributed by atoms with Crippen molar-refractivity contribution in [3.05, 3.63) is 70.4 Å². The standard InChI is InChI=1S/C13H11N5/c14-18-17-9-11-4-6-12(7-5-11)16-10-13-3-1-2-8-15-13/h1-8,10H,9H2. The van der Waals surface area contributed by atoms with Crippen LogP contribution in [-0.4, -0.2) is 11.2 Å². The predicted molar refractivity (Wildman–Crippen MR) is 70.8 cm³/mol. The molecule has 5 heteroatoms. The molecule has 2 rings (SSSR count). The third-order valence-electron chi connectivity index (χ3n) is 2.29. The summed E-state index contributed by atoms with van der Waals surface area (Å²) in [5, 5.41) is 3.50. The van der Waals surface area contributed by atoms with E-state index in [-0.39, 0.29) is 0 Å². The summed E-state index contributed by atoms with van der Waals surface area (Å²) in [6.45, 7) is 0.362. The van der Waals surface area contributed by atoms with Crippen molar-refractivity contribution in [1.82, 2.24) is 4.98 Å². The molecule has 0 amide bonds. The molecule has 0 fully saturated rings. The molecule has 0 aliphatic heterocycles. The Hall–Kier alpha value is -2.65. The van der Waals surface area contributed by atoms with E-state index in [4.69, 9.17) is 5.53 Å². The molecule has 0 N–H and O–H groups in total. The van der Waals surface area contributed by atoms with Gasteiger partial charge in [-0.1, -0.05) is 23.3 Å². The van der Waals surface area contributed by atoms with Gasteiger partial charge in [-0.05, 0) is 35.4 Å². The molecule has 18 heavy (non-hydrogen) atoms. The number of pyridine rings is 1. The van der Waals surface area contributed by atoms with Crippen LogP contribution in [0.4, 0.5) is 5.69 Å². The van der Waals surface area contributed by atoms with Crippen LogP contribution < -0.4 is 0 Å². The lowest BCUT2D eigenvalue weighted by atomic mass is 10.2. The summed E-state index contributed by atoms with van der Waals surface area (Å²) in [5.41, 5.74) is 10.8. The average molecular weight is 237 g/mol. The SMILES string of the molecule is [N-]=[N+]=NCc1ccc(N=Cc2ccccn2)cc1. The molecule has 0 radical (unpaired) electrons. The van der Waals surface area contributed by atoms with Crippen LogP contribution in [0, 0.1) is 0 Å². The lowest BCUT2D eigenvalue weighted by Crippen LogP contribution is -1.84. The Bertz CT molecular complexity index is 568. The summed E-state index contributed by atoms with van der Waals surface area (Å²) in [5.74, 6) is 0. The summed E-state index contributed by atoms with van der Waals surface area (Å²) >= 11 is 0. The van der Waals surface area contributed by atoms with Crippen LogP contribution in [0.5, 0.6) is 0 Å². The molecule has 0 aliphatic carbocycles. The van der Waals surface area contributed by atoms with Gasteiger partial charge in [-0.3, -0.25) is 9.98 Å². The van der Waals surface area contributed by atoms with E-state index in [0.29, 0.717) is 6.54 Å². The van der Waals surface area contributed by atoms with E-state index in [1.54, 1.807) is 12.4 Å². The first-order valence-electron chi connectivity index (χ1n) is 5.43. The number of hydrogen-bond acceptors (Lipinski definition) is 3.